The number of unbranched alkanes of at least 4 members (excludes halogenated alkanes) is 10. The summed E-state index contributed by atoms with van der Waals surface area (Å²) >= 11 is 0. The second-order valence-corrected chi connectivity index (χ2v) is 16.2. The maximum Gasteiger partial charge on any atom is 0.310 e. The molecule has 0 aromatic heterocycles. The molecule has 2 fully saturated rings. The summed E-state index contributed by atoms with van der Waals surface area (Å²) in [6, 6.07) is 0. The number of allylic oxidation sites excluding steroid dienone is 11. The van der Waals surface area contributed by atoms with Gasteiger partial charge in [-0.1, -0.05) is 132 Å². The fourth-order valence-electron chi connectivity index (χ4n) is 6.88. The van der Waals surface area contributed by atoms with Crippen molar-refractivity contribution in [2.45, 2.75) is 197 Å². The van der Waals surface area contributed by atoms with E-state index >= 15 is 0 Å². The molecule has 0 saturated carbocycles. The number of ether oxygens (including phenoxy) is 6. The van der Waals surface area contributed by atoms with Crippen LogP contribution in [-0.4, -0.2) is 142 Å². The standard InChI is InChI=1S/C49H82O14/c1-3-5-7-9-11-13-15-17-19-20-22-24-26-28-30-32-41(51)61-38(35-58-33-31-29-27-25-23-21-18-16-14-12-10-8-6-4-2)36-59-48-47(57)45(55)43(53)40(63-48)37-60-49-46(56)44(54)42(52)39(34-50)62-49/h5,7,11,13-14,16-17,19,22,24,28,30,38-40,42-50,52-57H,3-4,6,8-10,12,15,18,20-21,23,25-27,29,31-37H2,1-2H3/b7-5-,13-11-,16-14-,19-17-,24-22-,30-28-. The van der Waals surface area contributed by atoms with E-state index in [2.05, 4.69) is 68.5 Å². The summed E-state index contributed by atoms with van der Waals surface area (Å²) in [4.78, 5) is 12.9. The first kappa shape index (κ1) is 56.6. The Kier molecular flexibility index (Phi) is 32.9. The monoisotopic (exact) mass is 895 g/mol. The van der Waals surface area contributed by atoms with Crippen LogP contribution in [0.25, 0.3) is 0 Å². The Balaban J connectivity index is 1.85. The van der Waals surface area contributed by atoms with Crippen molar-refractivity contribution in [1.29, 1.82) is 0 Å². The molecule has 0 radical (unpaired) electrons. The molecule has 14 nitrogen and oxygen atoms in total. The van der Waals surface area contributed by atoms with Gasteiger partial charge in [-0.15, -0.1) is 0 Å². The van der Waals surface area contributed by atoms with Crippen molar-refractivity contribution in [2.75, 3.05) is 33.0 Å². The molecule has 11 atom stereocenters. The maximum absolute atomic E-state index is 12.9. The number of hydrogen-bond acceptors (Lipinski definition) is 14. The summed E-state index contributed by atoms with van der Waals surface area (Å²) in [6.07, 6.45) is 27.1. The molecular weight excluding hydrogens is 813 g/mol. The van der Waals surface area contributed by atoms with Crippen LogP contribution >= 0.6 is 0 Å². The number of hydrogen-bond donors (Lipinski definition) is 7. The first-order valence-corrected chi connectivity index (χ1v) is 23.5. The molecule has 362 valence electrons. The van der Waals surface area contributed by atoms with Crippen LogP contribution < -0.4 is 0 Å². The van der Waals surface area contributed by atoms with E-state index in [9.17, 15) is 40.5 Å². The van der Waals surface area contributed by atoms with E-state index in [4.69, 9.17) is 28.4 Å². The zero-order valence-corrected chi connectivity index (χ0v) is 38.0. The minimum atomic E-state index is -1.73. The van der Waals surface area contributed by atoms with Crippen molar-refractivity contribution in [1.82, 2.24) is 0 Å². The van der Waals surface area contributed by atoms with Crippen LogP contribution in [0.3, 0.4) is 0 Å². The van der Waals surface area contributed by atoms with E-state index < -0.39 is 86.7 Å². The van der Waals surface area contributed by atoms with E-state index in [-0.39, 0.29) is 19.6 Å². The molecule has 2 rings (SSSR count). The van der Waals surface area contributed by atoms with Crippen molar-refractivity contribution in [3.63, 3.8) is 0 Å². The molecule has 11 unspecified atom stereocenters. The lowest BCUT2D eigenvalue weighted by molar-refractivity contribution is -0.332. The summed E-state index contributed by atoms with van der Waals surface area (Å²) in [5.41, 5.74) is 0. The van der Waals surface area contributed by atoms with Gasteiger partial charge in [-0.25, -0.2) is 0 Å². The van der Waals surface area contributed by atoms with Gasteiger partial charge in [-0.3, -0.25) is 4.79 Å². The van der Waals surface area contributed by atoms with Crippen LogP contribution in [0.4, 0.5) is 0 Å². The lowest BCUT2D eigenvalue weighted by atomic mass is 9.98. The summed E-state index contributed by atoms with van der Waals surface area (Å²) in [5, 5.41) is 71.9. The number of rotatable bonds is 35. The van der Waals surface area contributed by atoms with E-state index in [0.717, 1.165) is 57.8 Å². The second kappa shape index (κ2) is 36.6. The Morgan fingerprint density at radius 3 is 1.60 bits per heavy atom. The van der Waals surface area contributed by atoms with E-state index in [1.807, 2.05) is 12.2 Å². The Morgan fingerprint density at radius 1 is 0.540 bits per heavy atom. The highest BCUT2D eigenvalue weighted by atomic mass is 16.7. The van der Waals surface area contributed by atoms with Crippen LogP contribution in [0.5, 0.6) is 0 Å². The number of esters is 1. The Morgan fingerprint density at radius 2 is 1.03 bits per heavy atom. The molecule has 0 aromatic rings. The van der Waals surface area contributed by atoms with E-state index in [0.29, 0.717) is 13.0 Å². The molecule has 2 aliphatic rings. The summed E-state index contributed by atoms with van der Waals surface area (Å²) in [5.74, 6) is -0.508. The molecule has 2 aliphatic heterocycles. The number of aliphatic hydroxyl groups is 7. The Labute approximate surface area is 377 Å². The van der Waals surface area contributed by atoms with Gasteiger partial charge in [0.05, 0.1) is 32.8 Å². The molecule has 0 spiro atoms. The molecule has 0 aliphatic carbocycles. The van der Waals surface area contributed by atoms with E-state index in [1.54, 1.807) is 6.08 Å². The fourth-order valence-corrected chi connectivity index (χ4v) is 6.88. The maximum atomic E-state index is 12.9. The largest absolute Gasteiger partial charge is 0.457 e. The highest BCUT2D eigenvalue weighted by Crippen LogP contribution is 2.26. The van der Waals surface area contributed by atoms with Gasteiger partial charge in [0.25, 0.3) is 0 Å². The number of carbonyl (C=O) groups excluding carboxylic acids is 1. The van der Waals surface area contributed by atoms with Gasteiger partial charge in [0.1, 0.15) is 54.9 Å². The van der Waals surface area contributed by atoms with Crippen molar-refractivity contribution >= 4 is 5.97 Å². The van der Waals surface area contributed by atoms with Crippen LogP contribution in [0, 0.1) is 0 Å². The smallest absolute Gasteiger partial charge is 0.310 e. The average Bonchev–Trinajstić information content (AvgIpc) is 3.28. The predicted molar refractivity (Wildman–Crippen MR) is 242 cm³/mol. The average molecular weight is 895 g/mol. The molecule has 0 aromatic carbocycles. The normalized spacial score (nSPS) is 27.6. The van der Waals surface area contributed by atoms with Gasteiger partial charge >= 0.3 is 5.97 Å². The van der Waals surface area contributed by atoms with Gasteiger partial charge < -0.3 is 64.2 Å². The molecule has 14 heteroatoms. The molecule has 63 heavy (non-hydrogen) atoms. The minimum Gasteiger partial charge on any atom is -0.457 e. The highest BCUT2D eigenvalue weighted by molar-refractivity contribution is 5.71. The van der Waals surface area contributed by atoms with Crippen LogP contribution in [0.2, 0.25) is 0 Å². The first-order chi connectivity index (χ1) is 30.6. The van der Waals surface area contributed by atoms with Crippen molar-refractivity contribution < 1.29 is 69.0 Å². The third-order valence-corrected chi connectivity index (χ3v) is 10.7. The summed E-state index contributed by atoms with van der Waals surface area (Å²) in [7, 11) is 0. The van der Waals surface area contributed by atoms with Crippen molar-refractivity contribution in [2.24, 2.45) is 0 Å². The predicted octanol–water partition coefficient (Wildman–Crippen LogP) is 5.95. The highest BCUT2D eigenvalue weighted by Gasteiger charge is 2.47. The summed E-state index contributed by atoms with van der Waals surface area (Å²) < 4.78 is 34.0. The topological polar surface area (TPSA) is 214 Å². The molecule has 0 bridgehead atoms. The van der Waals surface area contributed by atoms with Gasteiger partial charge in [0.2, 0.25) is 0 Å². The van der Waals surface area contributed by atoms with Crippen molar-refractivity contribution in [3.8, 4) is 0 Å². The quantitative estimate of drug-likeness (QED) is 0.0223. The molecule has 7 N–H and O–H groups in total. The lowest BCUT2D eigenvalue weighted by Crippen LogP contribution is -2.61. The van der Waals surface area contributed by atoms with Gasteiger partial charge in [-0.2, -0.15) is 0 Å². The van der Waals surface area contributed by atoms with Gasteiger partial charge in [0.15, 0.2) is 12.6 Å². The van der Waals surface area contributed by atoms with Crippen LogP contribution in [-0.2, 0) is 33.2 Å². The minimum absolute atomic E-state index is 0.0137. The SMILES string of the molecule is CC/C=C\C/C=C\C/C=C\C/C=C\C/C=C\CC(=O)OC(COCCCCCCCC/C=C\CCCCCC)COC1OC(COC2OC(CO)C(O)C(O)C2O)C(O)C(O)C1O. The van der Waals surface area contributed by atoms with Gasteiger partial charge in [0, 0.05) is 6.61 Å². The number of carbonyl (C=O) groups is 1. The molecule has 2 heterocycles. The number of aliphatic hydroxyl groups excluding tert-OH is 7. The zero-order valence-electron chi connectivity index (χ0n) is 38.0. The Bertz CT molecular complexity index is 1310. The van der Waals surface area contributed by atoms with Crippen LogP contribution in [0.15, 0.2) is 72.9 Å². The van der Waals surface area contributed by atoms with Crippen molar-refractivity contribution in [3.05, 3.63) is 72.9 Å². The molecule has 0 amide bonds. The molecular formula is C49H82O14. The van der Waals surface area contributed by atoms with Crippen LogP contribution in [0.1, 0.15) is 129 Å². The zero-order chi connectivity index (χ0) is 45.9. The molecule has 2 saturated heterocycles. The Hall–Kier alpha value is -2.57. The van der Waals surface area contributed by atoms with E-state index in [1.165, 1.54) is 44.9 Å². The second-order valence-electron chi connectivity index (χ2n) is 16.2. The third-order valence-electron chi connectivity index (χ3n) is 10.7. The fraction of sp³-hybridized carbons (Fsp3) is 0.735. The van der Waals surface area contributed by atoms with Gasteiger partial charge in [-0.05, 0) is 64.2 Å². The summed E-state index contributed by atoms with van der Waals surface area (Å²) in [6.45, 7) is 3.38. The lowest BCUT2D eigenvalue weighted by Gasteiger charge is -2.42. The third kappa shape index (κ3) is 25.1. The first-order valence-electron chi connectivity index (χ1n) is 23.5.